The van der Waals surface area contributed by atoms with Gasteiger partial charge in [-0.1, -0.05) is 24.3 Å². The number of anilines is 2. The molecule has 3 heteroatoms. The maximum absolute atomic E-state index is 12.7. The molecule has 0 aromatic heterocycles. The maximum atomic E-state index is 12.7. The molecule has 0 aliphatic rings. The number of hydrogen-bond donors (Lipinski definition) is 1. The van der Waals surface area contributed by atoms with E-state index < -0.39 is 0 Å². The molecule has 0 spiro atoms. The quantitative estimate of drug-likeness (QED) is 0.865. The predicted molar refractivity (Wildman–Crippen MR) is 84.1 cm³/mol. The molecule has 20 heavy (non-hydrogen) atoms. The van der Waals surface area contributed by atoms with Crippen molar-refractivity contribution in [3.63, 3.8) is 0 Å². The van der Waals surface area contributed by atoms with Crippen LogP contribution in [0.1, 0.15) is 28.4 Å². The second-order valence-electron chi connectivity index (χ2n) is 4.91. The van der Waals surface area contributed by atoms with E-state index in [2.05, 4.69) is 0 Å². The van der Waals surface area contributed by atoms with E-state index in [1.807, 2.05) is 57.2 Å². The van der Waals surface area contributed by atoms with Gasteiger partial charge < -0.3 is 10.6 Å². The molecule has 1 amide bonds. The predicted octanol–water partition coefficient (Wildman–Crippen LogP) is 3.55. The lowest BCUT2D eigenvalue weighted by atomic mass is 10.1. The summed E-state index contributed by atoms with van der Waals surface area (Å²) in [6.45, 7) is 6.54. The molecule has 0 saturated heterocycles. The molecule has 2 rings (SSSR count). The van der Waals surface area contributed by atoms with Crippen LogP contribution in [0.25, 0.3) is 0 Å². The van der Waals surface area contributed by atoms with E-state index >= 15 is 0 Å². The van der Waals surface area contributed by atoms with Crippen LogP contribution in [-0.4, -0.2) is 12.5 Å². The van der Waals surface area contributed by atoms with E-state index in [0.717, 1.165) is 16.8 Å². The summed E-state index contributed by atoms with van der Waals surface area (Å²) in [5.74, 6) is -0.0199. The van der Waals surface area contributed by atoms with Gasteiger partial charge in [0.05, 0.1) is 0 Å². The number of nitrogens with two attached hydrogens (primary N) is 1. The van der Waals surface area contributed by atoms with E-state index in [-0.39, 0.29) is 5.91 Å². The average molecular weight is 268 g/mol. The van der Waals surface area contributed by atoms with Gasteiger partial charge in [-0.05, 0) is 50.1 Å². The van der Waals surface area contributed by atoms with E-state index in [4.69, 9.17) is 5.73 Å². The topological polar surface area (TPSA) is 46.3 Å². The van der Waals surface area contributed by atoms with Crippen LogP contribution in [0.15, 0.2) is 42.5 Å². The molecular formula is C17H20N2O. The van der Waals surface area contributed by atoms with Gasteiger partial charge >= 0.3 is 0 Å². The van der Waals surface area contributed by atoms with Crippen LogP contribution in [-0.2, 0) is 0 Å². The highest BCUT2D eigenvalue weighted by atomic mass is 16.2. The third-order valence-corrected chi connectivity index (χ3v) is 3.49. The van der Waals surface area contributed by atoms with Crippen LogP contribution < -0.4 is 10.6 Å². The molecule has 0 saturated carbocycles. The Hall–Kier alpha value is -2.29. The summed E-state index contributed by atoms with van der Waals surface area (Å²) in [6.07, 6.45) is 0. The van der Waals surface area contributed by atoms with E-state index in [1.54, 1.807) is 11.0 Å². The van der Waals surface area contributed by atoms with Crippen LogP contribution in [0.2, 0.25) is 0 Å². The molecule has 3 nitrogen and oxygen atoms in total. The Bertz CT molecular complexity index is 635. The third-order valence-electron chi connectivity index (χ3n) is 3.49. The lowest BCUT2D eigenvalue weighted by molar-refractivity contribution is 0.0988. The number of rotatable bonds is 3. The van der Waals surface area contributed by atoms with Gasteiger partial charge in [-0.25, -0.2) is 0 Å². The fourth-order valence-corrected chi connectivity index (χ4v) is 2.22. The molecule has 0 aliphatic heterocycles. The van der Waals surface area contributed by atoms with Crippen LogP contribution in [0.3, 0.4) is 0 Å². The number of aryl methyl sites for hydroxylation is 2. The standard InChI is InChI=1S/C17H20N2O/c1-4-19(16-8-6-5-7-13(16)3)17(20)14-10-9-12(2)15(18)11-14/h5-11H,4,18H2,1-3H3. The Morgan fingerprint density at radius 3 is 2.40 bits per heavy atom. The monoisotopic (exact) mass is 268 g/mol. The van der Waals surface area contributed by atoms with Gasteiger partial charge in [0.2, 0.25) is 0 Å². The van der Waals surface area contributed by atoms with Gasteiger partial charge in [-0.15, -0.1) is 0 Å². The van der Waals surface area contributed by atoms with E-state index in [9.17, 15) is 4.79 Å². The summed E-state index contributed by atoms with van der Waals surface area (Å²) in [5.41, 5.74) is 10.2. The highest BCUT2D eigenvalue weighted by Crippen LogP contribution is 2.22. The van der Waals surface area contributed by atoms with Crippen molar-refractivity contribution in [3.8, 4) is 0 Å². The summed E-state index contributed by atoms with van der Waals surface area (Å²) in [4.78, 5) is 14.4. The molecule has 2 aromatic carbocycles. The largest absolute Gasteiger partial charge is 0.398 e. The number of nitrogens with zero attached hydrogens (tertiary/aromatic N) is 1. The molecule has 0 fully saturated rings. The minimum atomic E-state index is -0.0199. The Balaban J connectivity index is 2.39. The lowest BCUT2D eigenvalue weighted by Crippen LogP contribution is -2.31. The molecule has 0 aliphatic carbocycles. The van der Waals surface area contributed by atoms with E-state index in [0.29, 0.717) is 17.8 Å². The van der Waals surface area contributed by atoms with Crippen LogP contribution in [0.5, 0.6) is 0 Å². The highest BCUT2D eigenvalue weighted by molar-refractivity contribution is 6.07. The van der Waals surface area contributed by atoms with Crippen molar-refractivity contribution in [2.45, 2.75) is 20.8 Å². The van der Waals surface area contributed by atoms with Gasteiger partial charge in [0.1, 0.15) is 0 Å². The fourth-order valence-electron chi connectivity index (χ4n) is 2.22. The molecule has 0 radical (unpaired) electrons. The Kier molecular flexibility index (Phi) is 4.08. The Morgan fingerprint density at radius 2 is 1.80 bits per heavy atom. The van der Waals surface area contributed by atoms with E-state index in [1.165, 1.54) is 0 Å². The number of carbonyl (C=O) groups excluding carboxylic acids is 1. The summed E-state index contributed by atoms with van der Waals surface area (Å²) in [7, 11) is 0. The molecule has 104 valence electrons. The van der Waals surface area contributed by atoms with Crippen molar-refractivity contribution in [2.24, 2.45) is 0 Å². The zero-order valence-electron chi connectivity index (χ0n) is 12.2. The number of carbonyl (C=O) groups is 1. The van der Waals surface area contributed by atoms with Gasteiger partial charge in [-0.2, -0.15) is 0 Å². The summed E-state index contributed by atoms with van der Waals surface area (Å²) in [6, 6.07) is 13.4. The van der Waals surface area contributed by atoms with Crippen LogP contribution in [0, 0.1) is 13.8 Å². The molecule has 0 atom stereocenters. The minimum absolute atomic E-state index is 0.0199. The first kappa shape index (κ1) is 14.1. The fraction of sp³-hybridized carbons (Fsp3) is 0.235. The zero-order chi connectivity index (χ0) is 14.7. The normalized spacial score (nSPS) is 10.3. The van der Waals surface area contributed by atoms with Crippen LogP contribution in [0.4, 0.5) is 11.4 Å². The Morgan fingerprint density at radius 1 is 1.10 bits per heavy atom. The molecule has 0 unspecified atom stereocenters. The minimum Gasteiger partial charge on any atom is -0.398 e. The first-order chi connectivity index (χ1) is 9.54. The first-order valence-electron chi connectivity index (χ1n) is 6.78. The molecule has 0 bridgehead atoms. The van der Waals surface area contributed by atoms with Gasteiger partial charge in [0, 0.05) is 23.5 Å². The lowest BCUT2D eigenvalue weighted by Gasteiger charge is -2.23. The number of benzene rings is 2. The van der Waals surface area contributed by atoms with Gasteiger partial charge in [0.15, 0.2) is 0 Å². The maximum Gasteiger partial charge on any atom is 0.258 e. The molecular weight excluding hydrogens is 248 g/mol. The molecule has 2 N–H and O–H groups in total. The first-order valence-corrected chi connectivity index (χ1v) is 6.78. The van der Waals surface area contributed by atoms with Crippen LogP contribution >= 0.6 is 0 Å². The van der Waals surface area contributed by atoms with Gasteiger partial charge in [-0.3, -0.25) is 4.79 Å². The molecule has 0 heterocycles. The summed E-state index contributed by atoms with van der Waals surface area (Å²) in [5, 5.41) is 0. The number of nitrogen functional groups attached to an aromatic ring is 1. The highest BCUT2D eigenvalue weighted by Gasteiger charge is 2.17. The zero-order valence-corrected chi connectivity index (χ0v) is 12.2. The van der Waals surface area contributed by atoms with Gasteiger partial charge in [0.25, 0.3) is 5.91 Å². The van der Waals surface area contributed by atoms with Crippen molar-refractivity contribution < 1.29 is 4.79 Å². The third kappa shape index (κ3) is 2.67. The van der Waals surface area contributed by atoms with Crippen molar-refractivity contribution in [3.05, 3.63) is 59.2 Å². The van der Waals surface area contributed by atoms with Crippen molar-refractivity contribution >= 4 is 17.3 Å². The Labute approximate surface area is 120 Å². The summed E-state index contributed by atoms with van der Waals surface area (Å²) < 4.78 is 0. The number of para-hydroxylation sites is 1. The second-order valence-corrected chi connectivity index (χ2v) is 4.91. The second kappa shape index (κ2) is 5.78. The SMILES string of the molecule is CCN(C(=O)c1ccc(C)c(N)c1)c1ccccc1C. The smallest absolute Gasteiger partial charge is 0.258 e. The number of hydrogen-bond acceptors (Lipinski definition) is 2. The average Bonchev–Trinajstić information content (AvgIpc) is 2.44. The number of amides is 1. The van der Waals surface area contributed by atoms with Crippen molar-refractivity contribution in [1.82, 2.24) is 0 Å². The summed E-state index contributed by atoms with van der Waals surface area (Å²) >= 11 is 0. The van der Waals surface area contributed by atoms with Crippen molar-refractivity contribution in [2.75, 3.05) is 17.2 Å². The molecule has 2 aromatic rings. The van der Waals surface area contributed by atoms with Crippen molar-refractivity contribution in [1.29, 1.82) is 0 Å².